The average molecular weight is 293 g/mol. The molecular formula is C10H14BrFN2O2. The lowest BCUT2D eigenvalue weighted by atomic mass is 10.2. The van der Waals surface area contributed by atoms with Gasteiger partial charge in [-0.1, -0.05) is 0 Å². The van der Waals surface area contributed by atoms with Gasteiger partial charge in [-0.15, -0.1) is 0 Å². The molecule has 0 heterocycles. The molecule has 6 heteroatoms. The highest BCUT2D eigenvalue weighted by molar-refractivity contribution is 9.10. The maximum Gasteiger partial charge on any atom is 0.139 e. The average Bonchev–Trinajstić information content (AvgIpc) is 2.23. The predicted octanol–water partition coefficient (Wildman–Crippen LogP) is 0.961. The Hall–Kier alpha value is -0.850. The fourth-order valence-electron chi connectivity index (χ4n) is 1.42. The number of benzene rings is 1. The van der Waals surface area contributed by atoms with Gasteiger partial charge >= 0.3 is 0 Å². The van der Waals surface area contributed by atoms with Crippen molar-refractivity contribution >= 4 is 27.3 Å². The molecule has 0 radical (unpaired) electrons. The summed E-state index contributed by atoms with van der Waals surface area (Å²) in [6.07, 6.45) is 0. The quantitative estimate of drug-likeness (QED) is 0.707. The summed E-state index contributed by atoms with van der Waals surface area (Å²) >= 11 is 3.07. The number of nitrogen functional groups attached to an aromatic ring is 1. The van der Waals surface area contributed by atoms with Crippen LogP contribution in [0.4, 0.5) is 15.8 Å². The molecule has 0 saturated carbocycles. The van der Waals surface area contributed by atoms with Crippen LogP contribution in [0.25, 0.3) is 0 Å². The van der Waals surface area contributed by atoms with Crippen LogP contribution in [0.3, 0.4) is 0 Å². The molecule has 90 valence electrons. The van der Waals surface area contributed by atoms with Crippen LogP contribution in [0, 0.1) is 5.82 Å². The molecule has 16 heavy (non-hydrogen) atoms. The zero-order valence-corrected chi connectivity index (χ0v) is 10.2. The highest BCUT2D eigenvalue weighted by atomic mass is 79.9. The summed E-state index contributed by atoms with van der Waals surface area (Å²) in [6.45, 7) is 0.550. The summed E-state index contributed by atoms with van der Waals surface area (Å²) in [6, 6.07) is 2.75. The Morgan fingerprint density at radius 2 is 1.81 bits per heavy atom. The molecular weight excluding hydrogens is 279 g/mol. The molecule has 1 aromatic carbocycles. The molecule has 0 aliphatic rings. The number of hydrogen-bond acceptors (Lipinski definition) is 4. The van der Waals surface area contributed by atoms with Gasteiger partial charge in [-0.05, 0) is 22.0 Å². The van der Waals surface area contributed by atoms with E-state index in [1.807, 2.05) is 0 Å². The predicted molar refractivity (Wildman–Crippen MR) is 64.9 cm³/mol. The van der Waals surface area contributed by atoms with Crippen molar-refractivity contribution in [3.8, 4) is 0 Å². The number of rotatable bonds is 5. The van der Waals surface area contributed by atoms with Gasteiger partial charge < -0.3 is 20.8 Å². The molecule has 0 aliphatic carbocycles. The highest BCUT2D eigenvalue weighted by Gasteiger charge is 2.12. The standard InChI is InChI=1S/C10H14BrFN2O2/c11-7-5-10(9(13)6-8(7)12)14(1-3-15)2-4-16/h5-6,15-16H,1-4,13H2. The molecule has 4 N–H and O–H groups in total. The van der Waals surface area contributed by atoms with Gasteiger partial charge in [0.2, 0.25) is 0 Å². The number of nitrogens with two attached hydrogens (primary N) is 1. The van der Waals surface area contributed by atoms with Gasteiger partial charge in [-0.3, -0.25) is 0 Å². The van der Waals surface area contributed by atoms with Crippen molar-refractivity contribution in [1.82, 2.24) is 0 Å². The van der Waals surface area contributed by atoms with Gasteiger partial charge in [0.15, 0.2) is 0 Å². The molecule has 1 rings (SSSR count). The number of hydrogen-bond donors (Lipinski definition) is 3. The summed E-state index contributed by atoms with van der Waals surface area (Å²) in [7, 11) is 0. The smallest absolute Gasteiger partial charge is 0.139 e. The van der Waals surface area contributed by atoms with Crippen LogP contribution in [-0.4, -0.2) is 36.5 Å². The van der Waals surface area contributed by atoms with Crippen molar-refractivity contribution in [1.29, 1.82) is 0 Å². The lowest BCUT2D eigenvalue weighted by molar-refractivity contribution is 0.281. The minimum Gasteiger partial charge on any atom is -0.397 e. The van der Waals surface area contributed by atoms with Crippen LogP contribution in [0.1, 0.15) is 0 Å². The van der Waals surface area contributed by atoms with E-state index in [1.54, 1.807) is 4.90 Å². The number of nitrogens with zero attached hydrogens (tertiary/aromatic N) is 1. The van der Waals surface area contributed by atoms with Crippen LogP contribution in [0.15, 0.2) is 16.6 Å². The van der Waals surface area contributed by atoms with Crippen LogP contribution in [0.5, 0.6) is 0 Å². The number of anilines is 2. The molecule has 0 aliphatic heterocycles. The summed E-state index contributed by atoms with van der Waals surface area (Å²) in [5.41, 5.74) is 6.56. The second-order valence-corrected chi connectivity index (χ2v) is 4.11. The molecule has 0 amide bonds. The molecule has 0 unspecified atom stereocenters. The van der Waals surface area contributed by atoms with E-state index >= 15 is 0 Å². The summed E-state index contributed by atoms with van der Waals surface area (Å²) in [4.78, 5) is 1.69. The van der Waals surface area contributed by atoms with E-state index in [0.717, 1.165) is 0 Å². The van der Waals surface area contributed by atoms with E-state index in [4.69, 9.17) is 15.9 Å². The lowest BCUT2D eigenvalue weighted by Crippen LogP contribution is -2.30. The third-order valence-corrected chi connectivity index (χ3v) is 2.76. The largest absolute Gasteiger partial charge is 0.397 e. The minimum absolute atomic E-state index is 0.0611. The van der Waals surface area contributed by atoms with E-state index in [-0.39, 0.29) is 18.9 Å². The van der Waals surface area contributed by atoms with Crippen LogP contribution in [-0.2, 0) is 0 Å². The molecule has 0 saturated heterocycles. The topological polar surface area (TPSA) is 69.7 Å². The van der Waals surface area contributed by atoms with Crippen LogP contribution >= 0.6 is 15.9 Å². The minimum atomic E-state index is -0.436. The van der Waals surface area contributed by atoms with Gasteiger partial charge in [-0.25, -0.2) is 4.39 Å². The molecule has 4 nitrogen and oxygen atoms in total. The maximum absolute atomic E-state index is 13.2. The van der Waals surface area contributed by atoms with Crippen molar-refractivity contribution in [2.45, 2.75) is 0 Å². The van der Waals surface area contributed by atoms with E-state index < -0.39 is 5.82 Å². The fourth-order valence-corrected chi connectivity index (χ4v) is 1.75. The SMILES string of the molecule is Nc1cc(F)c(Br)cc1N(CCO)CCO. The van der Waals surface area contributed by atoms with Crippen molar-refractivity contribution in [2.75, 3.05) is 36.9 Å². The normalized spacial score (nSPS) is 10.5. The third kappa shape index (κ3) is 3.07. The fraction of sp³-hybridized carbons (Fsp3) is 0.400. The Morgan fingerprint density at radius 3 is 2.31 bits per heavy atom. The number of aliphatic hydroxyl groups is 2. The zero-order valence-electron chi connectivity index (χ0n) is 8.66. The molecule has 1 aromatic rings. The van der Waals surface area contributed by atoms with E-state index in [0.29, 0.717) is 23.2 Å². The van der Waals surface area contributed by atoms with Crippen molar-refractivity contribution < 1.29 is 14.6 Å². The molecule has 0 spiro atoms. The number of aliphatic hydroxyl groups excluding tert-OH is 2. The Morgan fingerprint density at radius 1 is 1.25 bits per heavy atom. The van der Waals surface area contributed by atoms with E-state index in [2.05, 4.69) is 15.9 Å². The monoisotopic (exact) mass is 292 g/mol. The first-order valence-corrected chi connectivity index (χ1v) is 5.60. The summed E-state index contributed by atoms with van der Waals surface area (Å²) in [5.74, 6) is -0.436. The van der Waals surface area contributed by atoms with Gasteiger partial charge in [0.1, 0.15) is 5.82 Å². The Kier molecular flexibility index (Phi) is 4.98. The molecule has 0 atom stereocenters. The first-order valence-electron chi connectivity index (χ1n) is 4.81. The summed E-state index contributed by atoms with van der Waals surface area (Å²) < 4.78 is 13.5. The second kappa shape index (κ2) is 6.03. The van der Waals surface area contributed by atoms with Gasteiger partial charge in [0.25, 0.3) is 0 Å². The van der Waals surface area contributed by atoms with Gasteiger partial charge in [0, 0.05) is 19.2 Å². The van der Waals surface area contributed by atoms with Crippen molar-refractivity contribution in [3.63, 3.8) is 0 Å². The highest BCUT2D eigenvalue weighted by Crippen LogP contribution is 2.29. The van der Waals surface area contributed by atoms with Gasteiger partial charge in [0.05, 0.1) is 29.1 Å². The third-order valence-electron chi connectivity index (χ3n) is 2.15. The van der Waals surface area contributed by atoms with Crippen molar-refractivity contribution in [2.24, 2.45) is 0 Å². The maximum atomic E-state index is 13.2. The second-order valence-electron chi connectivity index (χ2n) is 3.26. The van der Waals surface area contributed by atoms with E-state index in [9.17, 15) is 4.39 Å². The summed E-state index contributed by atoms with van der Waals surface area (Å²) in [5, 5.41) is 17.8. The molecule has 0 bridgehead atoms. The lowest BCUT2D eigenvalue weighted by Gasteiger charge is -2.24. The molecule has 0 aromatic heterocycles. The van der Waals surface area contributed by atoms with Gasteiger partial charge in [-0.2, -0.15) is 0 Å². The van der Waals surface area contributed by atoms with Crippen molar-refractivity contribution in [3.05, 3.63) is 22.4 Å². The van der Waals surface area contributed by atoms with Crippen LogP contribution in [0.2, 0.25) is 0 Å². The first kappa shape index (κ1) is 13.2. The Balaban J connectivity index is 3.03. The number of halogens is 2. The Bertz CT molecular complexity index is 357. The molecule has 0 fully saturated rings. The van der Waals surface area contributed by atoms with E-state index in [1.165, 1.54) is 12.1 Å². The first-order chi connectivity index (χ1) is 7.60. The Labute approximate surface area is 102 Å². The zero-order chi connectivity index (χ0) is 12.1. The van der Waals surface area contributed by atoms with Crippen LogP contribution < -0.4 is 10.6 Å².